The Balaban J connectivity index is 1.47. The van der Waals surface area contributed by atoms with Crippen molar-refractivity contribution < 1.29 is 14.3 Å². The number of ether oxygens (including phenoxy) is 2. The third kappa shape index (κ3) is 5.82. The zero-order chi connectivity index (χ0) is 18.2. The Morgan fingerprint density at radius 1 is 1.15 bits per heavy atom. The van der Waals surface area contributed by atoms with Crippen molar-refractivity contribution in [1.82, 2.24) is 4.98 Å². The van der Waals surface area contributed by atoms with E-state index in [0.29, 0.717) is 6.61 Å². The van der Waals surface area contributed by atoms with E-state index in [2.05, 4.69) is 20.9 Å². The number of carbonyl (C=O) groups is 1. The van der Waals surface area contributed by atoms with Crippen molar-refractivity contribution in [3.8, 4) is 5.75 Å². The van der Waals surface area contributed by atoms with Gasteiger partial charge in [0, 0.05) is 17.8 Å². The first-order valence-corrected chi connectivity index (χ1v) is 9.57. The fourth-order valence-corrected chi connectivity index (χ4v) is 3.30. The summed E-state index contributed by atoms with van der Waals surface area (Å²) in [5.41, 5.74) is 2.74. The smallest absolute Gasteiger partial charge is 0.331 e. The lowest BCUT2D eigenvalue weighted by Crippen LogP contribution is -1.99. The molecule has 0 amide bonds. The minimum Gasteiger partial charge on any atom is -0.487 e. The highest BCUT2D eigenvalue weighted by atomic mass is 79.9. The second kappa shape index (κ2) is 9.31. The van der Waals surface area contributed by atoms with Gasteiger partial charge in [-0.05, 0) is 63.3 Å². The zero-order valence-corrected chi connectivity index (χ0v) is 16.2. The molecule has 4 nitrogen and oxygen atoms in total. The number of hydrogen-bond acceptors (Lipinski definition) is 5. The molecule has 0 fully saturated rings. The number of benzene rings is 1. The van der Waals surface area contributed by atoms with Crippen LogP contribution in [0.1, 0.15) is 16.8 Å². The van der Waals surface area contributed by atoms with Crippen molar-refractivity contribution in [1.29, 1.82) is 0 Å². The summed E-state index contributed by atoms with van der Waals surface area (Å²) in [7, 11) is 0. The Bertz CT molecular complexity index is 876. The van der Waals surface area contributed by atoms with Gasteiger partial charge in [-0.3, -0.25) is 4.98 Å². The van der Waals surface area contributed by atoms with Gasteiger partial charge in [-0.1, -0.05) is 18.2 Å². The maximum atomic E-state index is 11.8. The second-order valence-corrected chi connectivity index (χ2v) is 7.67. The van der Waals surface area contributed by atoms with Crippen LogP contribution in [0, 0.1) is 0 Å². The maximum Gasteiger partial charge on any atom is 0.331 e. The van der Waals surface area contributed by atoms with Crippen LogP contribution in [0.25, 0.3) is 6.08 Å². The van der Waals surface area contributed by atoms with Gasteiger partial charge in [0.2, 0.25) is 0 Å². The van der Waals surface area contributed by atoms with Gasteiger partial charge in [0.25, 0.3) is 0 Å². The van der Waals surface area contributed by atoms with Crippen LogP contribution in [-0.2, 0) is 22.7 Å². The molecule has 3 rings (SSSR count). The molecule has 1 aromatic carbocycles. The Hall–Kier alpha value is -2.44. The number of rotatable bonds is 7. The molecule has 0 atom stereocenters. The number of carbonyl (C=O) groups excluding carboxylic acids is 1. The van der Waals surface area contributed by atoms with Gasteiger partial charge in [-0.25, -0.2) is 4.79 Å². The molecule has 6 heteroatoms. The average molecular weight is 430 g/mol. The zero-order valence-electron chi connectivity index (χ0n) is 13.8. The highest BCUT2D eigenvalue weighted by molar-refractivity contribution is 9.11. The highest BCUT2D eigenvalue weighted by Crippen LogP contribution is 2.21. The summed E-state index contributed by atoms with van der Waals surface area (Å²) in [4.78, 5) is 16.0. The first-order chi connectivity index (χ1) is 12.7. The number of aromatic nitrogens is 1. The molecule has 26 heavy (non-hydrogen) atoms. The van der Waals surface area contributed by atoms with Gasteiger partial charge in [-0.2, -0.15) is 0 Å². The quantitative estimate of drug-likeness (QED) is 0.380. The molecule has 0 aliphatic carbocycles. The normalized spacial score (nSPS) is 10.8. The number of esters is 1. The summed E-state index contributed by atoms with van der Waals surface area (Å²) >= 11 is 4.94. The first-order valence-electron chi connectivity index (χ1n) is 7.89. The van der Waals surface area contributed by atoms with Crippen LogP contribution in [0.5, 0.6) is 5.75 Å². The molecule has 2 aromatic heterocycles. The van der Waals surface area contributed by atoms with Crippen LogP contribution in [0.4, 0.5) is 0 Å². The van der Waals surface area contributed by atoms with E-state index in [-0.39, 0.29) is 12.6 Å². The molecule has 3 aromatic rings. The van der Waals surface area contributed by atoms with Crippen molar-refractivity contribution in [2.75, 3.05) is 0 Å². The fourth-order valence-electron chi connectivity index (χ4n) is 2.10. The van der Waals surface area contributed by atoms with E-state index >= 15 is 0 Å². The van der Waals surface area contributed by atoms with Gasteiger partial charge in [-0.15, -0.1) is 11.3 Å². The summed E-state index contributed by atoms with van der Waals surface area (Å²) in [6.45, 7) is 0.687. The van der Waals surface area contributed by atoms with E-state index in [9.17, 15) is 4.79 Å². The predicted molar refractivity (Wildman–Crippen MR) is 106 cm³/mol. The van der Waals surface area contributed by atoms with Crippen molar-refractivity contribution in [3.63, 3.8) is 0 Å². The van der Waals surface area contributed by atoms with Crippen LogP contribution in [0.15, 0.2) is 70.0 Å². The highest BCUT2D eigenvalue weighted by Gasteiger charge is 2.02. The molecular weight excluding hydrogens is 414 g/mol. The Morgan fingerprint density at radius 3 is 2.69 bits per heavy atom. The van der Waals surface area contributed by atoms with E-state index in [4.69, 9.17) is 9.47 Å². The van der Waals surface area contributed by atoms with E-state index in [0.717, 1.165) is 26.4 Å². The number of thiophene rings is 1. The molecule has 0 saturated carbocycles. The molecule has 0 unspecified atom stereocenters. The van der Waals surface area contributed by atoms with Gasteiger partial charge >= 0.3 is 5.97 Å². The third-order valence-corrected chi connectivity index (χ3v) is 4.96. The summed E-state index contributed by atoms with van der Waals surface area (Å²) in [6.07, 6.45) is 4.88. The van der Waals surface area contributed by atoms with Crippen molar-refractivity contribution in [2.24, 2.45) is 0 Å². The van der Waals surface area contributed by atoms with E-state index < -0.39 is 0 Å². The molecule has 0 radical (unpaired) electrons. The van der Waals surface area contributed by atoms with E-state index in [1.54, 1.807) is 23.6 Å². The minimum atomic E-state index is -0.372. The molecule has 0 bridgehead atoms. The molecule has 0 N–H and O–H groups in total. The lowest BCUT2D eigenvalue weighted by molar-refractivity contribution is -0.138. The minimum absolute atomic E-state index is 0.269. The Morgan fingerprint density at radius 2 is 2.00 bits per heavy atom. The number of halogens is 1. The van der Waals surface area contributed by atoms with Gasteiger partial charge < -0.3 is 9.47 Å². The lowest BCUT2D eigenvalue weighted by atomic mass is 10.2. The Kier molecular flexibility index (Phi) is 6.57. The fraction of sp³-hybridized carbons (Fsp3) is 0.100. The van der Waals surface area contributed by atoms with Gasteiger partial charge in [0.05, 0.1) is 9.48 Å². The van der Waals surface area contributed by atoms with E-state index in [1.807, 2.05) is 53.9 Å². The van der Waals surface area contributed by atoms with Gasteiger partial charge in [0.15, 0.2) is 0 Å². The Labute approximate surface area is 164 Å². The maximum absolute atomic E-state index is 11.8. The monoisotopic (exact) mass is 429 g/mol. The first kappa shape index (κ1) is 18.4. The largest absolute Gasteiger partial charge is 0.487 e. The third-order valence-electron chi connectivity index (χ3n) is 3.41. The number of hydrogen-bond donors (Lipinski definition) is 0. The van der Waals surface area contributed by atoms with Crippen LogP contribution in [0.3, 0.4) is 0 Å². The summed E-state index contributed by atoms with van der Waals surface area (Å²) in [5, 5.41) is 1.95. The standard InChI is InChI=1S/C20H16BrNO3S/c21-19-11-16(14-26-19)12-25-20(23)9-6-15-4-7-18(8-5-15)24-13-17-3-1-2-10-22-17/h1-11,14H,12-13H2/b9-6+. The average Bonchev–Trinajstić information content (AvgIpc) is 3.10. The van der Waals surface area contributed by atoms with E-state index in [1.165, 1.54) is 6.08 Å². The molecule has 132 valence electrons. The van der Waals surface area contributed by atoms with Gasteiger partial charge in [0.1, 0.15) is 19.0 Å². The van der Waals surface area contributed by atoms with Crippen LogP contribution in [0.2, 0.25) is 0 Å². The molecule has 0 aliphatic heterocycles. The summed E-state index contributed by atoms with van der Waals surface area (Å²) < 4.78 is 11.9. The number of nitrogens with zero attached hydrogens (tertiary/aromatic N) is 1. The number of pyridine rings is 1. The van der Waals surface area contributed by atoms with Crippen molar-refractivity contribution in [2.45, 2.75) is 13.2 Å². The van der Waals surface area contributed by atoms with Crippen molar-refractivity contribution >= 4 is 39.3 Å². The van der Waals surface area contributed by atoms with Crippen LogP contribution < -0.4 is 4.74 Å². The molecule has 0 saturated heterocycles. The molecule has 0 spiro atoms. The lowest BCUT2D eigenvalue weighted by Gasteiger charge is -2.05. The molecule has 0 aliphatic rings. The van der Waals surface area contributed by atoms with Crippen molar-refractivity contribution in [3.05, 3.63) is 86.8 Å². The molecular formula is C20H16BrNO3S. The summed E-state index contributed by atoms with van der Waals surface area (Å²) in [5.74, 6) is 0.376. The SMILES string of the molecule is O=C(/C=C/c1ccc(OCc2ccccn2)cc1)OCc1csc(Br)c1. The second-order valence-electron chi connectivity index (χ2n) is 5.38. The van der Waals surface area contributed by atoms with Crippen LogP contribution >= 0.6 is 27.3 Å². The predicted octanol–water partition coefficient (Wildman–Crippen LogP) is 5.24. The summed E-state index contributed by atoms with van der Waals surface area (Å²) in [6, 6.07) is 15.1. The van der Waals surface area contributed by atoms with Crippen LogP contribution in [-0.4, -0.2) is 11.0 Å². The topological polar surface area (TPSA) is 48.4 Å². The molecule has 2 heterocycles.